The number of nitrogens with zero attached hydrogens (tertiary/aromatic N) is 3. The first-order chi connectivity index (χ1) is 9.58. The topological polar surface area (TPSA) is 66.0 Å². The standard InChI is InChI=1S/C13H16Cl2N4O/c1-3-4-19-13(10(20-2)7-18-19)11(16)12-9(15)5-8(14)6-17-12/h5-7,11H,3-4,16H2,1-2H3. The normalized spacial score (nSPS) is 12.4. The van der Waals surface area contributed by atoms with Crippen LogP contribution in [0, 0.1) is 0 Å². The molecule has 0 aromatic carbocycles. The maximum atomic E-state index is 6.29. The van der Waals surface area contributed by atoms with Crippen LogP contribution in [0.25, 0.3) is 0 Å². The summed E-state index contributed by atoms with van der Waals surface area (Å²) in [5, 5.41) is 5.18. The van der Waals surface area contributed by atoms with Gasteiger partial charge in [0.05, 0.1) is 35.1 Å². The lowest BCUT2D eigenvalue weighted by Gasteiger charge is -2.16. The molecule has 0 fully saturated rings. The number of ether oxygens (including phenoxy) is 1. The molecule has 0 saturated carbocycles. The summed E-state index contributed by atoms with van der Waals surface area (Å²) >= 11 is 12.0. The monoisotopic (exact) mass is 314 g/mol. The highest BCUT2D eigenvalue weighted by atomic mass is 35.5. The van der Waals surface area contributed by atoms with E-state index in [1.807, 2.05) is 4.68 Å². The van der Waals surface area contributed by atoms with Crippen LogP contribution in [0.4, 0.5) is 0 Å². The smallest absolute Gasteiger partial charge is 0.161 e. The molecule has 2 aromatic heterocycles. The number of pyridine rings is 1. The summed E-state index contributed by atoms with van der Waals surface area (Å²) in [6.45, 7) is 2.81. The van der Waals surface area contributed by atoms with Gasteiger partial charge in [-0.1, -0.05) is 30.1 Å². The fourth-order valence-corrected chi connectivity index (χ4v) is 2.52. The molecule has 0 bridgehead atoms. The van der Waals surface area contributed by atoms with Gasteiger partial charge in [0.15, 0.2) is 5.75 Å². The molecule has 108 valence electrons. The van der Waals surface area contributed by atoms with Gasteiger partial charge >= 0.3 is 0 Å². The number of aromatic nitrogens is 3. The van der Waals surface area contributed by atoms with Crippen LogP contribution in [0.1, 0.15) is 30.8 Å². The summed E-state index contributed by atoms with van der Waals surface area (Å²) in [6.07, 6.45) is 4.11. The minimum absolute atomic E-state index is 0.427. The third kappa shape index (κ3) is 2.90. The van der Waals surface area contributed by atoms with Gasteiger partial charge in [0, 0.05) is 12.7 Å². The van der Waals surface area contributed by atoms with Gasteiger partial charge in [-0.05, 0) is 12.5 Å². The van der Waals surface area contributed by atoms with Gasteiger partial charge in [-0.15, -0.1) is 0 Å². The van der Waals surface area contributed by atoms with Crippen molar-refractivity contribution in [2.75, 3.05) is 7.11 Å². The van der Waals surface area contributed by atoms with Crippen molar-refractivity contribution in [3.05, 3.63) is 39.9 Å². The van der Waals surface area contributed by atoms with E-state index in [1.54, 1.807) is 19.4 Å². The third-order valence-electron chi connectivity index (χ3n) is 2.93. The first kappa shape index (κ1) is 15.1. The summed E-state index contributed by atoms with van der Waals surface area (Å²) < 4.78 is 7.13. The molecule has 5 nitrogen and oxygen atoms in total. The molecule has 20 heavy (non-hydrogen) atoms. The molecule has 0 amide bonds. The number of rotatable bonds is 5. The fourth-order valence-electron chi connectivity index (χ4n) is 2.02. The van der Waals surface area contributed by atoms with Crippen LogP contribution in [0.15, 0.2) is 18.5 Å². The lowest BCUT2D eigenvalue weighted by Crippen LogP contribution is -2.20. The highest BCUT2D eigenvalue weighted by Gasteiger charge is 2.23. The van der Waals surface area contributed by atoms with Gasteiger partial charge in [0.2, 0.25) is 0 Å². The van der Waals surface area contributed by atoms with Crippen molar-refractivity contribution in [2.45, 2.75) is 25.9 Å². The van der Waals surface area contributed by atoms with Crippen molar-refractivity contribution in [3.8, 4) is 5.75 Å². The van der Waals surface area contributed by atoms with Crippen LogP contribution >= 0.6 is 23.2 Å². The van der Waals surface area contributed by atoms with Crippen LogP contribution in [0.2, 0.25) is 10.0 Å². The van der Waals surface area contributed by atoms with Gasteiger partial charge < -0.3 is 10.5 Å². The Hall–Kier alpha value is -1.30. The lowest BCUT2D eigenvalue weighted by molar-refractivity contribution is 0.403. The molecule has 0 aliphatic rings. The molecule has 0 aliphatic carbocycles. The summed E-state index contributed by atoms with van der Waals surface area (Å²) in [5.41, 5.74) is 7.59. The molecule has 2 rings (SSSR count). The molecule has 0 saturated heterocycles. The predicted octanol–water partition coefficient (Wildman–Crippen LogP) is 3.05. The van der Waals surface area contributed by atoms with Crippen molar-refractivity contribution >= 4 is 23.2 Å². The lowest BCUT2D eigenvalue weighted by atomic mass is 10.1. The second-order valence-corrected chi connectivity index (χ2v) is 5.16. The minimum atomic E-state index is -0.524. The van der Waals surface area contributed by atoms with Crippen molar-refractivity contribution in [3.63, 3.8) is 0 Å². The van der Waals surface area contributed by atoms with Crippen LogP contribution in [-0.4, -0.2) is 21.9 Å². The van der Waals surface area contributed by atoms with E-state index in [0.29, 0.717) is 21.5 Å². The number of methoxy groups -OCH3 is 1. The second-order valence-electron chi connectivity index (χ2n) is 4.32. The van der Waals surface area contributed by atoms with Crippen molar-refractivity contribution < 1.29 is 4.74 Å². The van der Waals surface area contributed by atoms with Gasteiger partial charge in [-0.25, -0.2) is 0 Å². The Labute approximate surface area is 127 Å². The Kier molecular flexibility index (Phi) is 4.86. The number of hydrogen-bond acceptors (Lipinski definition) is 4. The minimum Gasteiger partial charge on any atom is -0.493 e. The molecule has 2 heterocycles. The van der Waals surface area contributed by atoms with Gasteiger partial charge in [-0.2, -0.15) is 5.10 Å². The Morgan fingerprint density at radius 1 is 1.40 bits per heavy atom. The largest absolute Gasteiger partial charge is 0.493 e. The molecular formula is C13H16Cl2N4O. The zero-order valence-electron chi connectivity index (χ0n) is 11.3. The third-order valence-corrected chi connectivity index (χ3v) is 3.44. The van der Waals surface area contributed by atoms with E-state index in [-0.39, 0.29) is 0 Å². The van der Waals surface area contributed by atoms with Crippen LogP contribution in [-0.2, 0) is 6.54 Å². The molecule has 1 atom stereocenters. The Balaban J connectivity index is 2.46. The molecule has 2 N–H and O–H groups in total. The maximum Gasteiger partial charge on any atom is 0.161 e. The van der Waals surface area contributed by atoms with Gasteiger partial charge in [-0.3, -0.25) is 9.67 Å². The Bertz CT molecular complexity index is 600. The van der Waals surface area contributed by atoms with E-state index in [2.05, 4.69) is 17.0 Å². The fraction of sp³-hybridized carbons (Fsp3) is 0.385. The van der Waals surface area contributed by atoms with Gasteiger partial charge in [0.25, 0.3) is 0 Å². The van der Waals surface area contributed by atoms with Crippen molar-refractivity contribution in [2.24, 2.45) is 5.73 Å². The Morgan fingerprint density at radius 3 is 2.75 bits per heavy atom. The molecule has 1 unspecified atom stereocenters. The summed E-state index contributed by atoms with van der Waals surface area (Å²) in [4.78, 5) is 4.22. The number of nitrogens with two attached hydrogens (primary N) is 1. The molecule has 0 spiro atoms. The van der Waals surface area contributed by atoms with Crippen LogP contribution < -0.4 is 10.5 Å². The molecule has 2 aromatic rings. The molecule has 0 aliphatic heterocycles. The highest BCUT2D eigenvalue weighted by molar-refractivity contribution is 6.34. The van der Waals surface area contributed by atoms with E-state index in [9.17, 15) is 0 Å². The zero-order valence-corrected chi connectivity index (χ0v) is 12.8. The average molecular weight is 315 g/mol. The van der Waals surface area contributed by atoms with Crippen LogP contribution in [0.5, 0.6) is 5.75 Å². The SMILES string of the molecule is CCCn1ncc(OC)c1C(N)c1ncc(Cl)cc1Cl. The van der Waals surface area contributed by atoms with Gasteiger partial charge in [0.1, 0.15) is 5.69 Å². The van der Waals surface area contributed by atoms with E-state index < -0.39 is 6.04 Å². The van der Waals surface area contributed by atoms with E-state index in [0.717, 1.165) is 18.7 Å². The van der Waals surface area contributed by atoms with E-state index >= 15 is 0 Å². The quantitative estimate of drug-likeness (QED) is 0.921. The number of aryl methyl sites for hydroxylation is 1. The van der Waals surface area contributed by atoms with E-state index in [4.69, 9.17) is 33.7 Å². The predicted molar refractivity (Wildman–Crippen MR) is 79.4 cm³/mol. The Morgan fingerprint density at radius 2 is 2.15 bits per heavy atom. The molecule has 7 heteroatoms. The number of halogens is 2. The first-order valence-corrected chi connectivity index (χ1v) is 7.00. The summed E-state index contributed by atoms with van der Waals surface area (Å²) in [6, 6.07) is 1.10. The first-order valence-electron chi connectivity index (χ1n) is 6.24. The van der Waals surface area contributed by atoms with E-state index in [1.165, 1.54) is 6.20 Å². The summed E-state index contributed by atoms with van der Waals surface area (Å²) in [7, 11) is 1.58. The number of hydrogen-bond donors (Lipinski definition) is 1. The highest BCUT2D eigenvalue weighted by Crippen LogP contribution is 2.31. The molecular weight excluding hydrogens is 299 g/mol. The zero-order chi connectivity index (χ0) is 14.7. The van der Waals surface area contributed by atoms with Crippen molar-refractivity contribution in [1.82, 2.24) is 14.8 Å². The summed E-state index contributed by atoms with van der Waals surface area (Å²) in [5.74, 6) is 0.624. The second kappa shape index (κ2) is 6.43. The maximum absolute atomic E-state index is 6.29. The average Bonchev–Trinajstić information content (AvgIpc) is 2.81. The molecule has 0 radical (unpaired) electrons. The van der Waals surface area contributed by atoms with Crippen LogP contribution in [0.3, 0.4) is 0 Å². The van der Waals surface area contributed by atoms with Crippen molar-refractivity contribution in [1.29, 1.82) is 0 Å².